The Kier molecular flexibility index (Phi) is 9.54. The first kappa shape index (κ1) is 24.2. The smallest absolute Gasteiger partial charge is 0.150 e. The third-order valence-electron chi connectivity index (χ3n) is 5.66. The zero-order chi connectivity index (χ0) is 22.8. The van der Waals surface area contributed by atoms with Gasteiger partial charge in [-0.3, -0.25) is 0 Å². The monoisotopic (exact) mass is 442 g/mol. The quantitative estimate of drug-likeness (QED) is 0.371. The van der Waals surface area contributed by atoms with Gasteiger partial charge in [0, 0.05) is 24.1 Å². The molecule has 3 rings (SSSR count). The van der Waals surface area contributed by atoms with E-state index in [1.807, 2.05) is 36.4 Å². The van der Waals surface area contributed by atoms with Gasteiger partial charge in [0.1, 0.15) is 29.1 Å². The van der Waals surface area contributed by atoms with Crippen LogP contribution in [-0.2, 0) is 6.42 Å². The van der Waals surface area contributed by atoms with Crippen LogP contribution in [0.3, 0.4) is 0 Å². The SMILES string of the molecule is CCCCOc1ccc([C@@H]2Oc3cc(OCCCC)cc(OCCCC)c3C[C@H]2O)cc1. The van der Waals surface area contributed by atoms with Crippen molar-refractivity contribution in [2.75, 3.05) is 19.8 Å². The summed E-state index contributed by atoms with van der Waals surface area (Å²) in [7, 11) is 0. The predicted octanol–water partition coefficient (Wildman–Crippen LogP) is 6.26. The number of benzene rings is 2. The lowest BCUT2D eigenvalue weighted by Crippen LogP contribution is -2.30. The van der Waals surface area contributed by atoms with E-state index in [-0.39, 0.29) is 0 Å². The van der Waals surface area contributed by atoms with Crippen molar-refractivity contribution < 1.29 is 24.1 Å². The molecule has 0 unspecified atom stereocenters. The molecule has 176 valence electrons. The minimum absolute atomic E-state index is 0.443. The Morgan fingerprint density at radius 2 is 1.41 bits per heavy atom. The molecule has 0 radical (unpaired) electrons. The number of ether oxygens (including phenoxy) is 4. The molecule has 0 bridgehead atoms. The largest absolute Gasteiger partial charge is 0.494 e. The third-order valence-corrected chi connectivity index (χ3v) is 5.66. The molecule has 0 saturated carbocycles. The summed E-state index contributed by atoms with van der Waals surface area (Å²) in [4.78, 5) is 0. The minimum Gasteiger partial charge on any atom is -0.494 e. The van der Waals surface area contributed by atoms with Gasteiger partial charge in [-0.25, -0.2) is 0 Å². The lowest BCUT2D eigenvalue weighted by molar-refractivity contribution is 0.0195. The first-order valence-corrected chi connectivity index (χ1v) is 12.2. The van der Waals surface area contributed by atoms with Crippen LogP contribution in [0.4, 0.5) is 0 Å². The van der Waals surface area contributed by atoms with Gasteiger partial charge in [0.25, 0.3) is 0 Å². The van der Waals surface area contributed by atoms with E-state index in [1.54, 1.807) is 0 Å². The van der Waals surface area contributed by atoms with E-state index in [0.29, 0.717) is 26.2 Å². The highest BCUT2D eigenvalue weighted by atomic mass is 16.5. The van der Waals surface area contributed by atoms with Gasteiger partial charge in [-0.15, -0.1) is 0 Å². The second-order valence-electron chi connectivity index (χ2n) is 8.38. The molecule has 1 heterocycles. The summed E-state index contributed by atoms with van der Waals surface area (Å²) in [5, 5.41) is 10.9. The molecule has 2 aromatic rings. The second-order valence-corrected chi connectivity index (χ2v) is 8.38. The van der Waals surface area contributed by atoms with Crippen molar-refractivity contribution in [2.45, 2.75) is 77.9 Å². The molecule has 1 N–H and O–H groups in total. The van der Waals surface area contributed by atoms with Crippen LogP contribution in [0.2, 0.25) is 0 Å². The summed E-state index contributed by atoms with van der Waals surface area (Å²) in [6, 6.07) is 11.7. The zero-order valence-electron chi connectivity index (χ0n) is 19.8. The van der Waals surface area contributed by atoms with E-state index >= 15 is 0 Å². The maximum Gasteiger partial charge on any atom is 0.150 e. The average Bonchev–Trinajstić information content (AvgIpc) is 2.80. The molecular weight excluding hydrogens is 404 g/mol. The normalized spacial score (nSPS) is 17.4. The van der Waals surface area contributed by atoms with Gasteiger partial charge in [0.05, 0.1) is 25.9 Å². The van der Waals surface area contributed by atoms with Gasteiger partial charge in [-0.1, -0.05) is 52.2 Å². The maximum absolute atomic E-state index is 10.9. The fourth-order valence-electron chi connectivity index (χ4n) is 3.68. The molecule has 0 amide bonds. The van der Waals surface area contributed by atoms with Gasteiger partial charge in [0.2, 0.25) is 0 Å². The molecule has 32 heavy (non-hydrogen) atoms. The standard InChI is InChI=1S/C27H38O5/c1-4-7-14-29-21-12-10-20(11-13-21)27-24(28)19-23-25(31-16-9-6-3)17-22(18-26(23)32-27)30-15-8-5-2/h10-13,17-18,24,27-28H,4-9,14-16,19H2,1-3H3/t24-,27+/m1/s1. The number of unbranched alkanes of at least 4 members (excludes halogenated alkanes) is 3. The fourth-order valence-corrected chi connectivity index (χ4v) is 3.68. The van der Waals surface area contributed by atoms with Crippen LogP contribution in [0, 0.1) is 0 Å². The molecular formula is C27H38O5. The van der Waals surface area contributed by atoms with E-state index < -0.39 is 12.2 Å². The van der Waals surface area contributed by atoms with Crippen molar-refractivity contribution in [3.05, 3.63) is 47.5 Å². The molecule has 2 atom stereocenters. The number of hydrogen-bond donors (Lipinski definition) is 1. The fraction of sp³-hybridized carbons (Fsp3) is 0.556. The molecule has 0 aromatic heterocycles. The summed E-state index contributed by atoms with van der Waals surface area (Å²) in [6.07, 6.45) is 5.64. The average molecular weight is 443 g/mol. The summed E-state index contributed by atoms with van der Waals surface area (Å²) in [5.74, 6) is 3.06. The molecule has 0 saturated heterocycles. The number of aliphatic hydroxyl groups is 1. The van der Waals surface area contributed by atoms with Crippen LogP contribution in [0.5, 0.6) is 23.0 Å². The Labute approximate surface area is 192 Å². The summed E-state index contributed by atoms with van der Waals surface area (Å²) in [6.45, 7) is 8.45. The number of aliphatic hydroxyl groups excluding tert-OH is 1. The third kappa shape index (κ3) is 6.55. The highest BCUT2D eigenvalue weighted by Gasteiger charge is 2.32. The lowest BCUT2D eigenvalue weighted by Gasteiger charge is -2.32. The van der Waals surface area contributed by atoms with Crippen LogP contribution in [0.15, 0.2) is 36.4 Å². The molecule has 0 aliphatic carbocycles. The van der Waals surface area contributed by atoms with Gasteiger partial charge in [-0.05, 0) is 37.0 Å². The van der Waals surface area contributed by atoms with E-state index in [9.17, 15) is 5.11 Å². The summed E-state index contributed by atoms with van der Waals surface area (Å²) >= 11 is 0. The minimum atomic E-state index is -0.658. The Hall–Kier alpha value is -2.40. The molecule has 5 nitrogen and oxygen atoms in total. The molecule has 1 aliphatic rings. The molecule has 1 aliphatic heterocycles. The van der Waals surface area contributed by atoms with E-state index in [0.717, 1.165) is 72.6 Å². The Balaban J connectivity index is 1.78. The topological polar surface area (TPSA) is 57.2 Å². The van der Waals surface area contributed by atoms with Crippen molar-refractivity contribution in [2.24, 2.45) is 0 Å². The van der Waals surface area contributed by atoms with Crippen LogP contribution < -0.4 is 18.9 Å². The number of rotatable bonds is 13. The molecule has 0 fully saturated rings. The predicted molar refractivity (Wildman–Crippen MR) is 127 cm³/mol. The lowest BCUT2D eigenvalue weighted by atomic mass is 9.94. The molecule has 0 spiro atoms. The highest BCUT2D eigenvalue weighted by molar-refractivity contribution is 5.52. The summed E-state index contributed by atoms with van der Waals surface area (Å²) in [5.41, 5.74) is 1.84. The Bertz CT molecular complexity index is 818. The van der Waals surface area contributed by atoms with Gasteiger partial charge < -0.3 is 24.1 Å². The van der Waals surface area contributed by atoms with Crippen molar-refractivity contribution in [3.8, 4) is 23.0 Å². The van der Waals surface area contributed by atoms with Crippen LogP contribution in [0.1, 0.15) is 76.5 Å². The van der Waals surface area contributed by atoms with Crippen molar-refractivity contribution in [1.29, 1.82) is 0 Å². The first-order valence-electron chi connectivity index (χ1n) is 12.2. The maximum atomic E-state index is 10.9. The molecule has 5 heteroatoms. The zero-order valence-corrected chi connectivity index (χ0v) is 19.8. The van der Waals surface area contributed by atoms with Crippen LogP contribution >= 0.6 is 0 Å². The second kappa shape index (κ2) is 12.6. The van der Waals surface area contributed by atoms with Gasteiger partial charge in [-0.2, -0.15) is 0 Å². The first-order chi connectivity index (χ1) is 15.7. The van der Waals surface area contributed by atoms with Crippen LogP contribution in [0.25, 0.3) is 0 Å². The van der Waals surface area contributed by atoms with E-state index in [1.165, 1.54) is 0 Å². The molecule has 2 aromatic carbocycles. The van der Waals surface area contributed by atoms with Crippen molar-refractivity contribution in [1.82, 2.24) is 0 Å². The van der Waals surface area contributed by atoms with Crippen molar-refractivity contribution >= 4 is 0 Å². The number of hydrogen-bond acceptors (Lipinski definition) is 5. The van der Waals surface area contributed by atoms with E-state index in [4.69, 9.17) is 18.9 Å². The van der Waals surface area contributed by atoms with Gasteiger partial charge in [0.15, 0.2) is 0 Å². The highest BCUT2D eigenvalue weighted by Crippen LogP contribution is 2.43. The van der Waals surface area contributed by atoms with Crippen molar-refractivity contribution in [3.63, 3.8) is 0 Å². The Morgan fingerprint density at radius 1 is 0.812 bits per heavy atom. The van der Waals surface area contributed by atoms with E-state index in [2.05, 4.69) is 20.8 Å². The van der Waals surface area contributed by atoms with Gasteiger partial charge >= 0.3 is 0 Å². The number of fused-ring (bicyclic) bond motifs is 1. The summed E-state index contributed by atoms with van der Waals surface area (Å²) < 4.78 is 24.1. The Morgan fingerprint density at radius 3 is 2.03 bits per heavy atom. The van der Waals surface area contributed by atoms with Crippen LogP contribution in [-0.4, -0.2) is 31.0 Å².